The van der Waals surface area contributed by atoms with Crippen LogP contribution in [0.2, 0.25) is 0 Å². The number of benzene rings is 1. The average Bonchev–Trinajstić information content (AvgIpc) is 2.41. The van der Waals surface area contributed by atoms with Crippen molar-refractivity contribution in [2.24, 2.45) is 0 Å². The molecule has 1 rings (SSSR count). The van der Waals surface area contributed by atoms with E-state index >= 15 is 0 Å². The van der Waals surface area contributed by atoms with Crippen LogP contribution >= 0.6 is 0 Å². The highest BCUT2D eigenvalue weighted by Gasteiger charge is 2.01. The summed E-state index contributed by atoms with van der Waals surface area (Å²) in [7, 11) is 0. The third-order valence-electron chi connectivity index (χ3n) is 2.94. The molecule has 1 aromatic rings. The summed E-state index contributed by atoms with van der Waals surface area (Å²) in [6, 6.07) is 8.83. The van der Waals surface area contributed by atoms with Crippen molar-refractivity contribution in [3.8, 4) is 5.75 Å². The van der Waals surface area contributed by atoms with Crippen molar-refractivity contribution in [1.82, 2.24) is 5.32 Å². The summed E-state index contributed by atoms with van der Waals surface area (Å²) in [5, 5.41) is 3.54. The van der Waals surface area contributed by atoms with Gasteiger partial charge in [0, 0.05) is 12.6 Å². The maximum Gasteiger partial charge on any atom is 0.119 e. The normalized spacial score (nSPS) is 12.1. The summed E-state index contributed by atoms with van der Waals surface area (Å²) in [5.41, 5.74) is 1.30. The van der Waals surface area contributed by atoms with Crippen LogP contribution in [0.4, 0.5) is 0 Å². The highest BCUT2D eigenvalue weighted by molar-refractivity contribution is 5.27. The molecule has 0 fully saturated rings. The standard InChI is InChI=1S/C16H25NO/c1-4-6-7-14(3)17-13-15-8-10-16(11-9-15)18-12-5-2/h5,8-11,14,17H,2,4,6-7,12-13H2,1,3H3. The topological polar surface area (TPSA) is 21.3 Å². The molecule has 0 saturated heterocycles. The zero-order chi connectivity index (χ0) is 13.2. The summed E-state index contributed by atoms with van der Waals surface area (Å²) in [6.07, 6.45) is 5.56. The van der Waals surface area contributed by atoms with Gasteiger partial charge in [-0.3, -0.25) is 0 Å². The van der Waals surface area contributed by atoms with Gasteiger partial charge in [-0.2, -0.15) is 0 Å². The minimum Gasteiger partial charge on any atom is -0.490 e. The zero-order valence-electron chi connectivity index (χ0n) is 11.6. The Morgan fingerprint density at radius 3 is 2.67 bits per heavy atom. The molecule has 0 saturated carbocycles. The van der Waals surface area contributed by atoms with Crippen molar-refractivity contribution in [1.29, 1.82) is 0 Å². The predicted octanol–water partition coefficient (Wildman–Crippen LogP) is 3.92. The minimum absolute atomic E-state index is 0.561. The van der Waals surface area contributed by atoms with E-state index in [1.807, 2.05) is 12.1 Å². The van der Waals surface area contributed by atoms with Crippen molar-refractivity contribution in [2.75, 3.05) is 6.61 Å². The van der Waals surface area contributed by atoms with E-state index in [1.165, 1.54) is 24.8 Å². The molecule has 100 valence electrons. The third kappa shape index (κ3) is 5.87. The summed E-state index contributed by atoms with van der Waals surface area (Å²) in [6.45, 7) is 9.59. The monoisotopic (exact) mass is 247 g/mol. The largest absolute Gasteiger partial charge is 0.490 e. The molecule has 18 heavy (non-hydrogen) atoms. The van der Waals surface area contributed by atoms with Gasteiger partial charge in [0.05, 0.1) is 0 Å². The first-order valence-corrected chi connectivity index (χ1v) is 6.82. The highest BCUT2D eigenvalue weighted by atomic mass is 16.5. The number of hydrogen-bond donors (Lipinski definition) is 1. The first-order chi connectivity index (χ1) is 8.76. The number of rotatable bonds is 9. The van der Waals surface area contributed by atoms with E-state index in [0.29, 0.717) is 12.6 Å². The fourth-order valence-electron chi connectivity index (χ4n) is 1.76. The predicted molar refractivity (Wildman–Crippen MR) is 78.0 cm³/mol. The highest BCUT2D eigenvalue weighted by Crippen LogP contribution is 2.12. The lowest BCUT2D eigenvalue weighted by atomic mass is 10.1. The lowest BCUT2D eigenvalue weighted by Crippen LogP contribution is -2.25. The summed E-state index contributed by atoms with van der Waals surface area (Å²) >= 11 is 0. The molecule has 1 N–H and O–H groups in total. The van der Waals surface area contributed by atoms with Gasteiger partial charge in [0.15, 0.2) is 0 Å². The fourth-order valence-corrected chi connectivity index (χ4v) is 1.76. The molecule has 0 radical (unpaired) electrons. The van der Waals surface area contributed by atoms with Gasteiger partial charge in [-0.1, -0.05) is 44.6 Å². The smallest absolute Gasteiger partial charge is 0.119 e. The molecule has 0 aliphatic heterocycles. The molecule has 1 unspecified atom stereocenters. The Balaban J connectivity index is 2.32. The number of unbranched alkanes of at least 4 members (excludes halogenated alkanes) is 1. The Morgan fingerprint density at radius 1 is 1.33 bits per heavy atom. The SMILES string of the molecule is C=CCOc1ccc(CNC(C)CCCC)cc1. The fraction of sp³-hybridized carbons (Fsp3) is 0.500. The number of nitrogens with one attached hydrogen (secondary N) is 1. The summed E-state index contributed by atoms with van der Waals surface area (Å²) in [5.74, 6) is 0.901. The Hall–Kier alpha value is -1.28. The molecule has 0 bridgehead atoms. The van der Waals surface area contributed by atoms with Crippen molar-refractivity contribution in [2.45, 2.75) is 45.7 Å². The van der Waals surface area contributed by atoms with Gasteiger partial charge in [0.1, 0.15) is 12.4 Å². The van der Waals surface area contributed by atoms with Crippen LogP contribution < -0.4 is 10.1 Å². The van der Waals surface area contributed by atoms with Gasteiger partial charge in [-0.25, -0.2) is 0 Å². The zero-order valence-corrected chi connectivity index (χ0v) is 11.6. The molecule has 0 amide bonds. The van der Waals surface area contributed by atoms with Crippen LogP contribution in [-0.4, -0.2) is 12.6 Å². The van der Waals surface area contributed by atoms with Crippen molar-refractivity contribution >= 4 is 0 Å². The van der Waals surface area contributed by atoms with E-state index in [0.717, 1.165) is 12.3 Å². The molecule has 0 aromatic heterocycles. The maximum absolute atomic E-state index is 5.45. The molecule has 0 spiro atoms. The molecule has 0 aliphatic rings. The molecule has 1 atom stereocenters. The van der Waals surface area contributed by atoms with Gasteiger partial charge in [0.25, 0.3) is 0 Å². The van der Waals surface area contributed by atoms with Gasteiger partial charge >= 0.3 is 0 Å². The lowest BCUT2D eigenvalue weighted by molar-refractivity contribution is 0.363. The van der Waals surface area contributed by atoms with Gasteiger partial charge in [-0.15, -0.1) is 0 Å². The molecule has 2 heteroatoms. The van der Waals surface area contributed by atoms with E-state index in [9.17, 15) is 0 Å². The van der Waals surface area contributed by atoms with E-state index in [-0.39, 0.29) is 0 Å². The minimum atomic E-state index is 0.561. The second-order valence-corrected chi connectivity index (χ2v) is 4.67. The van der Waals surface area contributed by atoms with Gasteiger partial charge < -0.3 is 10.1 Å². The Morgan fingerprint density at radius 2 is 2.06 bits per heavy atom. The maximum atomic E-state index is 5.45. The van der Waals surface area contributed by atoms with Crippen LogP contribution in [0, 0.1) is 0 Å². The van der Waals surface area contributed by atoms with Crippen LogP contribution in [0.25, 0.3) is 0 Å². The molecule has 0 heterocycles. The summed E-state index contributed by atoms with van der Waals surface area (Å²) < 4.78 is 5.45. The first-order valence-electron chi connectivity index (χ1n) is 6.82. The van der Waals surface area contributed by atoms with Crippen molar-refractivity contribution in [3.05, 3.63) is 42.5 Å². The van der Waals surface area contributed by atoms with Crippen LogP contribution in [0.3, 0.4) is 0 Å². The average molecular weight is 247 g/mol. The van der Waals surface area contributed by atoms with Crippen LogP contribution in [0.1, 0.15) is 38.7 Å². The molecule has 1 aromatic carbocycles. The first kappa shape index (κ1) is 14.8. The van der Waals surface area contributed by atoms with Crippen LogP contribution in [0.15, 0.2) is 36.9 Å². The van der Waals surface area contributed by atoms with Crippen molar-refractivity contribution in [3.63, 3.8) is 0 Å². The van der Waals surface area contributed by atoms with E-state index in [4.69, 9.17) is 4.74 Å². The molecule has 0 aliphatic carbocycles. The Labute approximate surface area is 111 Å². The van der Waals surface area contributed by atoms with Crippen molar-refractivity contribution < 1.29 is 4.74 Å². The van der Waals surface area contributed by atoms with E-state index in [2.05, 4.69) is 37.9 Å². The van der Waals surface area contributed by atoms with Gasteiger partial charge in [-0.05, 0) is 31.0 Å². The second kappa shape index (κ2) is 8.76. The molecular formula is C16H25NO. The summed E-state index contributed by atoms with van der Waals surface area (Å²) in [4.78, 5) is 0. The second-order valence-electron chi connectivity index (χ2n) is 4.67. The third-order valence-corrected chi connectivity index (χ3v) is 2.94. The number of ether oxygens (including phenoxy) is 1. The molecular weight excluding hydrogens is 222 g/mol. The van der Waals surface area contributed by atoms with Crippen LogP contribution in [-0.2, 0) is 6.54 Å². The lowest BCUT2D eigenvalue weighted by Gasteiger charge is -2.13. The Kier molecular flexibility index (Phi) is 7.19. The van der Waals surface area contributed by atoms with E-state index in [1.54, 1.807) is 6.08 Å². The van der Waals surface area contributed by atoms with Gasteiger partial charge in [0.2, 0.25) is 0 Å². The Bertz CT molecular complexity index is 331. The van der Waals surface area contributed by atoms with Crippen LogP contribution in [0.5, 0.6) is 5.75 Å². The quantitative estimate of drug-likeness (QED) is 0.668. The molecule has 2 nitrogen and oxygen atoms in total. The van der Waals surface area contributed by atoms with E-state index < -0.39 is 0 Å². The number of hydrogen-bond acceptors (Lipinski definition) is 2.